The Balaban J connectivity index is 1.62. The zero-order valence-corrected chi connectivity index (χ0v) is 16.9. The predicted molar refractivity (Wildman–Crippen MR) is 120 cm³/mol. The van der Waals surface area contributed by atoms with E-state index < -0.39 is 0 Å². The maximum absolute atomic E-state index is 5.33. The first-order valence-corrected chi connectivity index (χ1v) is 9.99. The van der Waals surface area contributed by atoms with Crippen molar-refractivity contribution in [2.45, 2.75) is 12.3 Å². The van der Waals surface area contributed by atoms with Crippen molar-refractivity contribution >= 4 is 11.6 Å². The van der Waals surface area contributed by atoms with E-state index in [2.05, 4.69) is 72.8 Å². The van der Waals surface area contributed by atoms with E-state index >= 15 is 0 Å². The van der Waals surface area contributed by atoms with E-state index in [4.69, 9.17) is 9.47 Å². The summed E-state index contributed by atoms with van der Waals surface area (Å²) in [5, 5.41) is 0. The first kappa shape index (κ1) is 19.1. The molecule has 0 fully saturated rings. The lowest BCUT2D eigenvalue weighted by Gasteiger charge is -2.17. The van der Waals surface area contributed by atoms with Gasteiger partial charge in [0.2, 0.25) is 0 Å². The minimum atomic E-state index is 0.352. The van der Waals surface area contributed by atoms with Crippen LogP contribution in [-0.2, 0) is 0 Å². The molecule has 3 aromatic rings. The standard InChI is InChI=1S/C27H26O2/c1-28-25-14-9-20(10-15-25)8-11-23-18-24(21-6-4-3-5-7-21)19-27(23)22-12-16-26(29-2)17-13-22/h3-17,19,23,27H,18H2,1-2H3/b11-8+/t23-,27+/m1/s1. The Bertz CT molecular complexity index is 983. The second-order valence-corrected chi connectivity index (χ2v) is 7.36. The van der Waals surface area contributed by atoms with Crippen LogP contribution in [-0.4, -0.2) is 14.2 Å². The van der Waals surface area contributed by atoms with Crippen LogP contribution in [0, 0.1) is 5.92 Å². The molecule has 0 aliphatic heterocycles. The smallest absolute Gasteiger partial charge is 0.118 e. The van der Waals surface area contributed by atoms with Crippen molar-refractivity contribution < 1.29 is 9.47 Å². The van der Waals surface area contributed by atoms with Crippen molar-refractivity contribution in [3.63, 3.8) is 0 Å². The normalized spacial score (nSPS) is 18.6. The van der Waals surface area contributed by atoms with Gasteiger partial charge in [-0.3, -0.25) is 0 Å². The highest BCUT2D eigenvalue weighted by molar-refractivity contribution is 5.70. The largest absolute Gasteiger partial charge is 0.497 e. The lowest BCUT2D eigenvalue weighted by molar-refractivity contribution is 0.414. The zero-order chi connectivity index (χ0) is 20.1. The molecule has 0 saturated carbocycles. The number of hydrogen-bond acceptors (Lipinski definition) is 2. The van der Waals surface area contributed by atoms with Crippen molar-refractivity contribution in [3.8, 4) is 11.5 Å². The summed E-state index contributed by atoms with van der Waals surface area (Å²) in [5.74, 6) is 2.54. The first-order valence-electron chi connectivity index (χ1n) is 9.99. The third-order valence-electron chi connectivity index (χ3n) is 5.59. The summed E-state index contributed by atoms with van der Waals surface area (Å²) in [7, 11) is 3.40. The van der Waals surface area contributed by atoms with Crippen LogP contribution < -0.4 is 9.47 Å². The summed E-state index contributed by atoms with van der Waals surface area (Å²) in [6.07, 6.45) is 8.04. The van der Waals surface area contributed by atoms with E-state index in [1.807, 2.05) is 24.3 Å². The minimum absolute atomic E-state index is 0.352. The fourth-order valence-corrected chi connectivity index (χ4v) is 3.96. The van der Waals surface area contributed by atoms with Gasteiger partial charge in [-0.1, -0.05) is 72.8 Å². The van der Waals surface area contributed by atoms with E-state index in [1.165, 1.54) is 22.3 Å². The average molecular weight is 383 g/mol. The van der Waals surface area contributed by atoms with Crippen molar-refractivity contribution in [3.05, 3.63) is 108 Å². The Morgan fingerprint density at radius 1 is 0.759 bits per heavy atom. The molecule has 2 atom stereocenters. The van der Waals surface area contributed by atoms with Gasteiger partial charge in [0, 0.05) is 5.92 Å². The lowest BCUT2D eigenvalue weighted by atomic mass is 9.88. The highest BCUT2D eigenvalue weighted by Gasteiger charge is 2.27. The van der Waals surface area contributed by atoms with Gasteiger partial charge < -0.3 is 9.47 Å². The van der Waals surface area contributed by atoms with Crippen molar-refractivity contribution in [2.24, 2.45) is 5.92 Å². The molecule has 0 spiro atoms. The maximum atomic E-state index is 5.33. The Hall–Kier alpha value is -3.26. The third-order valence-corrected chi connectivity index (χ3v) is 5.59. The van der Waals surface area contributed by atoms with Crippen LogP contribution in [0.25, 0.3) is 11.6 Å². The van der Waals surface area contributed by atoms with Crippen LogP contribution in [0.5, 0.6) is 11.5 Å². The second kappa shape index (κ2) is 8.83. The molecule has 0 amide bonds. The highest BCUT2D eigenvalue weighted by atomic mass is 16.5. The maximum Gasteiger partial charge on any atom is 0.118 e. The van der Waals surface area contributed by atoms with Crippen molar-refractivity contribution in [2.75, 3.05) is 14.2 Å². The quantitative estimate of drug-likeness (QED) is 0.478. The number of ether oxygens (including phenoxy) is 2. The van der Waals surface area contributed by atoms with Gasteiger partial charge in [-0.15, -0.1) is 0 Å². The Morgan fingerprint density at radius 2 is 1.38 bits per heavy atom. The summed E-state index contributed by atoms with van der Waals surface area (Å²) in [4.78, 5) is 0. The fraction of sp³-hybridized carbons (Fsp3) is 0.185. The summed E-state index contributed by atoms with van der Waals surface area (Å²) >= 11 is 0. The van der Waals surface area contributed by atoms with Crippen LogP contribution in [0.4, 0.5) is 0 Å². The fourth-order valence-electron chi connectivity index (χ4n) is 3.96. The number of rotatable bonds is 6. The van der Waals surface area contributed by atoms with Crippen LogP contribution >= 0.6 is 0 Å². The Morgan fingerprint density at radius 3 is 2.00 bits per heavy atom. The van der Waals surface area contributed by atoms with Gasteiger partial charge in [0.15, 0.2) is 0 Å². The van der Waals surface area contributed by atoms with Gasteiger partial charge in [0.25, 0.3) is 0 Å². The molecule has 2 heteroatoms. The van der Waals surface area contributed by atoms with Crippen LogP contribution in [0.15, 0.2) is 91.0 Å². The number of allylic oxidation sites excluding steroid dienone is 3. The molecule has 1 aliphatic carbocycles. The molecule has 0 aromatic heterocycles. The Labute approximate surface area is 173 Å². The van der Waals surface area contributed by atoms with Gasteiger partial charge in [-0.2, -0.15) is 0 Å². The summed E-state index contributed by atoms with van der Waals surface area (Å²) < 4.78 is 10.6. The topological polar surface area (TPSA) is 18.5 Å². The minimum Gasteiger partial charge on any atom is -0.497 e. The number of benzene rings is 3. The monoisotopic (exact) mass is 382 g/mol. The summed E-state index contributed by atoms with van der Waals surface area (Å²) in [6, 6.07) is 27.4. The molecule has 2 nitrogen and oxygen atoms in total. The van der Waals surface area contributed by atoms with Crippen LogP contribution in [0.1, 0.15) is 29.0 Å². The summed E-state index contributed by atoms with van der Waals surface area (Å²) in [6.45, 7) is 0. The molecule has 0 bridgehead atoms. The van der Waals surface area contributed by atoms with Crippen LogP contribution in [0.2, 0.25) is 0 Å². The third kappa shape index (κ3) is 4.43. The molecule has 29 heavy (non-hydrogen) atoms. The van der Waals surface area contributed by atoms with Gasteiger partial charge in [-0.05, 0) is 58.9 Å². The molecule has 0 unspecified atom stereocenters. The molecule has 0 saturated heterocycles. The molecule has 1 aliphatic rings. The molecular formula is C27H26O2. The van der Waals surface area contributed by atoms with Gasteiger partial charge in [-0.25, -0.2) is 0 Å². The first-order chi connectivity index (χ1) is 14.3. The lowest BCUT2D eigenvalue weighted by Crippen LogP contribution is -2.03. The molecule has 146 valence electrons. The molecular weight excluding hydrogens is 356 g/mol. The highest BCUT2D eigenvalue weighted by Crippen LogP contribution is 2.43. The molecule has 0 N–H and O–H groups in total. The van der Waals surface area contributed by atoms with Gasteiger partial charge >= 0.3 is 0 Å². The van der Waals surface area contributed by atoms with Crippen molar-refractivity contribution in [1.29, 1.82) is 0 Å². The molecule has 3 aromatic carbocycles. The zero-order valence-electron chi connectivity index (χ0n) is 16.9. The average Bonchev–Trinajstić information content (AvgIpc) is 3.23. The van der Waals surface area contributed by atoms with E-state index in [-0.39, 0.29) is 0 Å². The van der Waals surface area contributed by atoms with E-state index in [1.54, 1.807) is 14.2 Å². The SMILES string of the molecule is COc1ccc(/C=C/[C@@H]2CC(c3ccccc3)=C[C@H]2c2ccc(OC)cc2)cc1. The van der Waals surface area contributed by atoms with Gasteiger partial charge in [0.05, 0.1) is 14.2 Å². The molecule has 4 rings (SSSR count). The second-order valence-electron chi connectivity index (χ2n) is 7.36. The van der Waals surface area contributed by atoms with Gasteiger partial charge in [0.1, 0.15) is 11.5 Å². The molecule has 0 heterocycles. The molecule has 0 radical (unpaired) electrons. The summed E-state index contributed by atoms with van der Waals surface area (Å²) in [5.41, 5.74) is 5.23. The number of methoxy groups -OCH3 is 2. The van der Waals surface area contributed by atoms with Crippen molar-refractivity contribution in [1.82, 2.24) is 0 Å². The van der Waals surface area contributed by atoms with E-state index in [0.717, 1.165) is 17.9 Å². The van der Waals surface area contributed by atoms with E-state index in [9.17, 15) is 0 Å². The number of hydrogen-bond donors (Lipinski definition) is 0. The van der Waals surface area contributed by atoms with Crippen LogP contribution in [0.3, 0.4) is 0 Å². The predicted octanol–water partition coefficient (Wildman–Crippen LogP) is 6.60. The Kier molecular flexibility index (Phi) is 5.81. The van der Waals surface area contributed by atoms with E-state index in [0.29, 0.717) is 11.8 Å².